The van der Waals surface area contributed by atoms with Crippen molar-refractivity contribution in [3.8, 4) is 0 Å². The lowest BCUT2D eigenvalue weighted by Gasteiger charge is -2.38. The minimum absolute atomic E-state index is 0.287. The van der Waals surface area contributed by atoms with Crippen LogP contribution in [0, 0.1) is 0 Å². The van der Waals surface area contributed by atoms with Gasteiger partial charge < -0.3 is 10.1 Å². The van der Waals surface area contributed by atoms with E-state index in [-0.39, 0.29) is 11.9 Å². The molecule has 1 amide bonds. The molecule has 6 heteroatoms. The summed E-state index contributed by atoms with van der Waals surface area (Å²) in [5, 5.41) is 0. The van der Waals surface area contributed by atoms with E-state index in [1.165, 1.54) is 0 Å². The summed E-state index contributed by atoms with van der Waals surface area (Å²) in [6.07, 6.45) is 4.10. The Hall–Kier alpha value is -2.70. The Morgan fingerprint density at radius 3 is 2.46 bits per heavy atom. The van der Waals surface area contributed by atoms with E-state index in [1.807, 2.05) is 59.1 Å². The second kappa shape index (κ2) is 7.27. The van der Waals surface area contributed by atoms with Crippen LogP contribution in [0.4, 0.5) is 0 Å². The molecule has 0 saturated carbocycles. The number of fused-ring (bicyclic) bond motifs is 1. The number of pyridine rings is 1. The van der Waals surface area contributed by atoms with Crippen LogP contribution in [0.3, 0.4) is 0 Å². The van der Waals surface area contributed by atoms with Gasteiger partial charge in [-0.3, -0.25) is 14.6 Å². The summed E-state index contributed by atoms with van der Waals surface area (Å²) in [6.45, 7) is 4.24. The van der Waals surface area contributed by atoms with E-state index in [0.717, 1.165) is 49.6 Å². The molecule has 1 fully saturated rings. The molecule has 0 radical (unpaired) electrons. The van der Waals surface area contributed by atoms with E-state index in [0.29, 0.717) is 0 Å². The first-order valence-corrected chi connectivity index (χ1v) is 8.94. The van der Waals surface area contributed by atoms with E-state index in [4.69, 9.17) is 5.73 Å². The fourth-order valence-electron chi connectivity index (χ4n) is 3.66. The Morgan fingerprint density at radius 2 is 1.77 bits per heavy atom. The Labute approximate surface area is 152 Å². The minimum atomic E-state index is -0.353. The van der Waals surface area contributed by atoms with Gasteiger partial charge in [0.15, 0.2) is 0 Å². The molecule has 4 rings (SSSR count). The van der Waals surface area contributed by atoms with E-state index < -0.39 is 0 Å². The van der Waals surface area contributed by atoms with Crippen LogP contribution in [0.25, 0.3) is 5.65 Å². The maximum absolute atomic E-state index is 12.0. The highest BCUT2D eigenvalue weighted by Crippen LogP contribution is 2.22. The summed E-state index contributed by atoms with van der Waals surface area (Å²) < 4.78 is 2.05. The standard InChI is InChI=1S/C20H23N5O/c21-20(26)19(16-6-2-1-3-7-16)24-12-10-23(11-13-24)14-17-15-25-9-5-4-8-18(25)22-17/h1-9,15,19H,10-14H2,(H2,21,26). The van der Waals surface area contributed by atoms with Crippen LogP contribution in [-0.4, -0.2) is 51.3 Å². The molecule has 3 aromatic rings. The SMILES string of the molecule is NC(=O)C(c1ccccc1)N1CCN(Cc2cn3ccccc3n2)CC1. The van der Waals surface area contributed by atoms with Gasteiger partial charge in [-0.15, -0.1) is 0 Å². The number of nitrogens with two attached hydrogens (primary N) is 1. The van der Waals surface area contributed by atoms with Crippen molar-refractivity contribution >= 4 is 11.6 Å². The fraction of sp³-hybridized carbons (Fsp3) is 0.300. The third kappa shape index (κ3) is 3.47. The van der Waals surface area contributed by atoms with Crippen molar-refractivity contribution in [1.29, 1.82) is 0 Å². The number of hydrogen-bond donors (Lipinski definition) is 1. The van der Waals surface area contributed by atoms with E-state index in [9.17, 15) is 4.79 Å². The normalized spacial score (nSPS) is 17.4. The van der Waals surface area contributed by atoms with Gasteiger partial charge in [-0.05, 0) is 17.7 Å². The van der Waals surface area contributed by atoms with Crippen LogP contribution in [-0.2, 0) is 11.3 Å². The highest BCUT2D eigenvalue weighted by atomic mass is 16.1. The number of rotatable bonds is 5. The van der Waals surface area contributed by atoms with Gasteiger partial charge in [-0.2, -0.15) is 0 Å². The van der Waals surface area contributed by atoms with Crippen molar-refractivity contribution < 1.29 is 4.79 Å². The molecular formula is C20H23N5O. The van der Waals surface area contributed by atoms with E-state index >= 15 is 0 Å². The lowest BCUT2D eigenvalue weighted by molar-refractivity contribution is -0.124. The zero-order chi connectivity index (χ0) is 17.9. The van der Waals surface area contributed by atoms with Gasteiger partial charge in [0.2, 0.25) is 5.91 Å². The van der Waals surface area contributed by atoms with Crippen LogP contribution in [0.5, 0.6) is 0 Å². The number of carbonyl (C=O) groups is 1. The van der Waals surface area contributed by atoms with E-state index in [1.54, 1.807) is 0 Å². The lowest BCUT2D eigenvalue weighted by atomic mass is 10.0. The highest BCUT2D eigenvalue weighted by molar-refractivity contribution is 5.81. The molecule has 134 valence electrons. The van der Waals surface area contributed by atoms with Gasteiger partial charge in [0.25, 0.3) is 0 Å². The molecule has 1 unspecified atom stereocenters. The van der Waals surface area contributed by atoms with Gasteiger partial charge in [-0.25, -0.2) is 4.98 Å². The van der Waals surface area contributed by atoms with Crippen molar-refractivity contribution in [2.24, 2.45) is 5.73 Å². The molecular weight excluding hydrogens is 326 g/mol. The summed E-state index contributed by atoms with van der Waals surface area (Å²) >= 11 is 0. The quantitative estimate of drug-likeness (QED) is 0.761. The van der Waals surface area contributed by atoms with Crippen LogP contribution in [0.2, 0.25) is 0 Å². The molecule has 2 N–H and O–H groups in total. The summed E-state index contributed by atoms with van der Waals surface area (Å²) in [4.78, 5) is 21.3. The number of nitrogens with zero attached hydrogens (tertiary/aromatic N) is 4. The van der Waals surface area contributed by atoms with E-state index in [2.05, 4.69) is 21.0 Å². The predicted molar refractivity (Wildman–Crippen MR) is 100 cm³/mol. The third-order valence-electron chi connectivity index (χ3n) is 4.96. The molecule has 1 aliphatic heterocycles. The first kappa shape index (κ1) is 16.8. The molecule has 6 nitrogen and oxygen atoms in total. The lowest BCUT2D eigenvalue weighted by Crippen LogP contribution is -2.50. The molecule has 26 heavy (non-hydrogen) atoms. The smallest absolute Gasteiger partial charge is 0.239 e. The number of primary amides is 1. The Morgan fingerprint density at radius 1 is 1.04 bits per heavy atom. The summed E-state index contributed by atoms with van der Waals surface area (Å²) in [5.41, 5.74) is 8.70. The number of piperazine rings is 1. The molecule has 2 aromatic heterocycles. The molecule has 0 bridgehead atoms. The fourth-order valence-corrected chi connectivity index (χ4v) is 3.66. The Bertz CT molecular complexity index is 850. The summed E-state index contributed by atoms with van der Waals surface area (Å²) in [5.74, 6) is -0.287. The zero-order valence-electron chi connectivity index (χ0n) is 14.7. The number of amides is 1. The maximum atomic E-state index is 12.0. The van der Waals surface area contributed by atoms with Crippen molar-refractivity contribution in [1.82, 2.24) is 19.2 Å². The van der Waals surface area contributed by atoms with Crippen molar-refractivity contribution in [3.05, 3.63) is 72.2 Å². The van der Waals surface area contributed by atoms with Crippen molar-refractivity contribution in [3.63, 3.8) is 0 Å². The summed E-state index contributed by atoms with van der Waals surface area (Å²) in [6, 6.07) is 15.5. The van der Waals surface area contributed by atoms with Gasteiger partial charge in [0, 0.05) is 45.1 Å². The van der Waals surface area contributed by atoms with Gasteiger partial charge in [0.05, 0.1) is 5.69 Å². The Balaban J connectivity index is 1.40. The topological polar surface area (TPSA) is 66.9 Å². The molecule has 1 aromatic carbocycles. The van der Waals surface area contributed by atoms with Crippen LogP contribution in [0.15, 0.2) is 60.9 Å². The van der Waals surface area contributed by atoms with Gasteiger partial charge in [0.1, 0.15) is 11.7 Å². The second-order valence-corrected chi connectivity index (χ2v) is 6.73. The molecule has 1 saturated heterocycles. The molecule has 1 atom stereocenters. The van der Waals surface area contributed by atoms with Crippen molar-refractivity contribution in [2.75, 3.05) is 26.2 Å². The third-order valence-corrected chi connectivity index (χ3v) is 4.96. The predicted octanol–water partition coefficient (Wildman–Crippen LogP) is 1.68. The van der Waals surface area contributed by atoms with Gasteiger partial charge >= 0.3 is 0 Å². The average Bonchev–Trinajstić information content (AvgIpc) is 3.06. The zero-order valence-corrected chi connectivity index (χ0v) is 14.7. The molecule has 0 spiro atoms. The monoisotopic (exact) mass is 349 g/mol. The molecule has 1 aliphatic rings. The minimum Gasteiger partial charge on any atom is -0.368 e. The molecule has 0 aliphatic carbocycles. The van der Waals surface area contributed by atoms with Crippen LogP contribution < -0.4 is 5.73 Å². The van der Waals surface area contributed by atoms with Crippen LogP contribution >= 0.6 is 0 Å². The summed E-state index contributed by atoms with van der Waals surface area (Å²) in [7, 11) is 0. The van der Waals surface area contributed by atoms with Gasteiger partial charge in [-0.1, -0.05) is 36.4 Å². The number of carbonyl (C=O) groups excluding carboxylic acids is 1. The highest BCUT2D eigenvalue weighted by Gasteiger charge is 2.29. The number of benzene rings is 1. The second-order valence-electron chi connectivity index (χ2n) is 6.73. The number of hydrogen-bond acceptors (Lipinski definition) is 4. The van der Waals surface area contributed by atoms with Crippen LogP contribution in [0.1, 0.15) is 17.3 Å². The Kier molecular flexibility index (Phi) is 4.69. The first-order chi connectivity index (χ1) is 12.7. The maximum Gasteiger partial charge on any atom is 0.239 e. The number of imidazole rings is 1. The largest absolute Gasteiger partial charge is 0.368 e. The number of aromatic nitrogens is 2. The molecule has 3 heterocycles. The first-order valence-electron chi connectivity index (χ1n) is 8.94. The van der Waals surface area contributed by atoms with Crippen molar-refractivity contribution in [2.45, 2.75) is 12.6 Å². The average molecular weight is 349 g/mol.